The van der Waals surface area contributed by atoms with E-state index in [9.17, 15) is 22.8 Å². The third kappa shape index (κ3) is 6.89. The van der Waals surface area contributed by atoms with E-state index in [2.05, 4.69) is 16.0 Å². The minimum absolute atomic E-state index is 0.144. The third-order valence-electron chi connectivity index (χ3n) is 3.27. The molecule has 0 aliphatic heterocycles. The van der Waals surface area contributed by atoms with Gasteiger partial charge in [-0.15, -0.1) is 0 Å². The summed E-state index contributed by atoms with van der Waals surface area (Å²) in [6.07, 6.45) is -3.46. The molecule has 0 spiro atoms. The normalized spacial score (nSPS) is 12.4. The van der Waals surface area contributed by atoms with E-state index >= 15 is 0 Å². The van der Waals surface area contributed by atoms with Gasteiger partial charge >= 0.3 is 12.2 Å². The topological polar surface area (TPSA) is 70.2 Å². The van der Waals surface area contributed by atoms with Crippen LogP contribution in [0.5, 0.6) is 0 Å². The third-order valence-corrected chi connectivity index (χ3v) is 3.27. The van der Waals surface area contributed by atoms with Gasteiger partial charge in [0.2, 0.25) is 5.91 Å². The zero-order valence-corrected chi connectivity index (χ0v) is 13.7. The average molecular weight is 345 g/mol. The molecule has 5 nitrogen and oxygen atoms in total. The van der Waals surface area contributed by atoms with Gasteiger partial charge in [0.05, 0.1) is 11.6 Å². The van der Waals surface area contributed by atoms with Crippen molar-refractivity contribution in [2.45, 2.75) is 38.9 Å². The molecule has 0 heterocycles. The highest BCUT2D eigenvalue weighted by molar-refractivity contribution is 5.78. The Hall–Kier alpha value is -2.25. The number of alkyl halides is 3. The van der Waals surface area contributed by atoms with Crippen molar-refractivity contribution in [1.29, 1.82) is 0 Å². The Morgan fingerprint density at radius 2 is 1.88 bits per heavy atom. The number of rotatable bonds is 7. The first-order valence-electron chi connectivity index (χ1n) is 7.72. The number of hydrogen-bond acceptors (Lipinski definition) is 2. The second-order valence-electron chi connectivity index (χ2n) is 5.35. The lowest BCUT2D eigenvalue weighted by Gasteiger charge is -2.16. The van der Waals surface area contributed by atoms with Gasteiger partial charge in [0.25, 0.3) is 0 Å². The van der Waals surface area contributed by atoms with E-state index in [1.54, 1.807) is 6.92 Å². The van der Waals surface area contributed by atoms with E-state index in [0.29, 0.717) is 12.1 Å². The molecular weight excluding hydrogens is 323 g/mol. The Morgan fingerprint density at radius 1 is 1.17 bits per heavy atom. The van der Waals surface area contributed by atoms with Gasteiger partial charge in [-0.25, -0.2) is 4.79 Å². The number of carbonyl (C=O) groups excluding carboxylic acids is 2. The molecule has 0 saturated carbocycles. The molecule has 0 aliphatic carbocycles. The van der Waals surface area contributed by atoms with Crippen LogP contribution in [-0.4, -0.2) is 25.0 Å². The van der Waals surface area contributed by atoms with E-state index in [4.69, 9.17) is 0 Å². The SMILES string of the molecule is CCCNC(=O)CCNC(=O)NC(C)c1cccc(C(F)(F)F)c1. The summed E-state index contributed by atoms with van der Waals surface area (Å²) in [4.78, 5) is 23.1. The maximum absolute atomic E-state index is 12.7. The van der Waals surface area contributed by atoms with Crippen LogP contribution in [0.2, 0.25) is 0 Å². The summed E-state index contributed by atoms with van der Waals surface area (Å²) in [5, 5.41) is 7.72. The van der Waals surface area contributed by atoms with Crippen LogP contribution in [0.15, 0.2) is 24.3 Å². The average Bonchev–Trinajstić information content (AvgIpc) is 2.52. The molecule has 0 aliphatic rings. The predicted octanol–water partition coefficient (Wildman–Crippen LogP) is 2.98. The minimum Gasteiger partial charge on any atom is -0.356 e. The molecule has 1 unspecified atom stereocenters. The monoisotopic (exact) mass is 345 g/mol. The Kier molecular flexibility index (Phi) is 7.54. The zero-order chi connectivity index (χ0) is 18.2. The molecule has 1 rings (SSSR count). The largest absolute Gasteiger partial charge is 0.416 e. The first-order valence-corrected chi connectivity index (χ1v) is 7.72. The van der Waals surface area contributed by atoms with E-state index < -0.39 is 23.8 Å². The first-order chi connectivity index (χ1) is 11.2. The molecule has 3 N–H and O–H groups in total. The van der Waals surface area contributed by atoms with Crippen molar-refractivity contribution in [2.75, 3.05) is 13.1 Å². The van der Waals surface area contributed by atoms with Gasteiger partial charge in [-0.2, -0.15) is 13.2 Å². The summed E-state index contributed by atoms with van der Waals surface area (Å²) in [7, 11) is 0. The summed E-state index contributed by atoms with van der Waals surface area (Å²) < 4.78 is 38.1. The van der Waals surface area contributed by atoms with Crippen LogP contribution in [-0.2, 0) is 11.0 Å². The fraction of sp³-hybridized carbons (Fsp3) is 0.500. The summed E-state index contributed by atoms with van der Waals surface area (Å²) in [6.45, 7) is 4.25. The molecule has 1 aromatic carbocycles. The fourth-order valence-corrected chi connectivity index (χ4v) is 1.96. The van der Waals surface area contributed by atoms with Crippen LogP contribution in [0.3, 0.4) is 0 Å². The lowest BCUT2D eigenvalue weighted by Crippen LogP contribution is -2.39. The highest BCUT2D eigenvalue weighted by Gasteiger charge is 2.30. The van der Waals surface area contributed by atoms with Crippen molar-refractivity contribution in [3.63, 3.8) is 0 Å². The summed E-state index contributed by atoms with van der Waals surface area (Å²) in [6, 6.07) is 3.66. The van der Waals surface area contributed by atoms with E-state index in [1.165, 1.54) is 12.1 Å². The lowest BCUT2D eigenvalue weighted by molar-refractivity contribution is -0.137. The van der Waals surface area contributed by atoms with Crippen molar-refractivity contribution < 1.29 is 22.8 Å². The molecule has 24 heavy (non-hydrogen) atoms. The fourth-order valence-electron chi connectivity index (χ4n) is 1.96. The van der Waals surface area contributed by atoms with Crippen LogP contribution in [0, 0.1) is 0 Å². The van der Waals surface area contributed by atoms with Crippen molar-refractivity contribution in [1.82, 2.24) is 16.0 Å². The molecule has 0 fully saturated rings. The molecule has 0 radical (unpaired) electrons. The standard InChI is InChI=1S/C16H22F3N3O2/c1-3-8-20-14(23)7-9-21-15(24)22-11(2)12-5-4-6-13(10-12)16(17,18)19/h4-6,10-11H,3,7-9H2,1-2H3,(H,20,23)(H2,21,22,24). The number of nitrogens with one attached hydrogen (secondary N) is 3. The van der Waals surface area contributed by atoms with Crippen LogP contribution in [0.1, 0.15) is 43.9 Å². The molecule has 1 atom stereocenters. The van der Waals surface area contributed by atoms with Gasteiger partial charge in [0, 0.05) is 19.5 Å². The molecule has 1 aromatic rings. The van der Waals surface area contributed by atoms with E-state index in [0.717, 1.165) is 18.6 Å². The Labute approximate surface area is 139 Å². The van der Waals surface area contributed by atoms with Crippen LogP contribution >= 0.6 is 0 Å². The van der Waals surface area contributed by atoms with Crippen LogP contribution < -0.4 is 16.0 Å². The van der Waals surface area contributed by atoms with Gasteiger partial charge < -0.3 is 16.0 Å². The number of carbonyl (C=O) groups is 2. The highest BCUT2D eigenvalue weighted by atomic mass is 19.4. The summed E-state index contributed by atoms with van der Waals surface area (Å²) in [5.74, 6) is -0.164. The molecule has 3 amide bonds. The van der Waals surface area contributed by atoms with E-state index in [-0.39, 0.29) is 18.9 Å². The Morgan fingerprint density at radius 3 is 2.50 bits per heavy atom. The second-order valence-corrected chi connectivity index (χ2v) is 5.35. The number of halogens is 3. The van der Waals surface area contributed by atoms with Gasteiger partial charge in [0.1, 0.15) is 0 Å². The van der Waals surface area contributed by atoms with Crippen molar-refractivity contribution >= 4 is 11.9 Å². The lowest BCUT2D eigenvalue weighted by atomic mass is 10.1. The molecule has 8 heteroatoms. The van der Waals surface area contributed by atoms with E-state index in [1.807, 2.05) is 6.92 Å². The van der Waals surface area contributed by atoms with Gasteiger partial charge in [0.15, 0.2) is 0 Å². The Balaban J connectivity index is 2.46. The molecule has 134 valence electrons. The van der Waals surface area contributed by atoms with Crippen LogP contribution in [0.4, 0.5) is 18.0 Å². The maximum atomic E-state index is 12.7. The number of amides is 3. The molecular formula is C16H22F3N3O2. The predicted molar refractivity (Wildman–Crippen MR) is 84.3 cm³/mol. The van der Waals surface area contributed by atoms with Gasteiger partial charge in [-0.3, -0.25) is 4.79 Å². The smallest absolute Gasteiger partial charge is 0.356 e. The molecule has 0 saturated heterocycles. The van der Waals surface area contributed by atoms with Crippen molar-refractivity contribution in [2.24, 2.45) is 0 Å². The number of hydrogen-bond donors (Lipinski definition) is 3. The minimum atomic E-state index is -4.43. The number of benzene rings is 1. The zero-order valence-electron chi connectivity index (χ0n) is 13.7. The summed E-state index contributed by atoms with van der Waals surface area (Å²) >= 11 is 0. The van der Waals surface area contributed by atoms with Crippen molar-refractivity contribution in [3.8, 4) is 0 Å². The second kappa shape index (κ2) is 9.14. The summed E-state index contributed by atoms with van der Waals surface area (Å²) in [5.41, 5.74) is -0.415. The molecule has 0 bridgehead atoms. The Bertz CT molecular complexity index is 562. The first kappa shape index (κ1) is 19.8. The van der Waals surface area contributed by atoms with Gasteiger partial charge in [-0.1, -0.05) is 19.1 Å². The van der Waals surface area contributed by atoms with Crippen molar-refractivity contribution in [3.05, 3.63) is 35.4 Å². The highest BCUT2D eigenvalue weighted by Crippen LogP contribution is 2.30. The quantitative estimate of drug-likeness (QED) is 0.711. The van der Waals surface area contributed by atoms with Gasteiger partial charge in [-0.05, 0) is 31.0 Å². The molecule has 0 aromatic heterocycles. The maximum Gasteiger partial charge on any atom is 0.416 e. The number of urea groups is 1. The van der Waals surface area contributed by atoms with Crippen LogP contribution in [0.25, 0.3) is 0 Å².